The average Bonchev–Trinajstić information content (AvgIpc) is 2.39. The third-order valence-electron chi connectivity index (χ3n) is 2.51. The third-order valence-corrected chi connectivity index (χ3v) is 3.01. The largest absolute Gasteiger partial charge is 0.336 e. The van der Waals surface area contributed by atoms with E-state index in [0.29, 0.717) is 5.95 Å². The summed E-state index contributed by atoms with van der Waals surface area (Å²) in [6, 6.07) is 10.1. The van der Waals surface area contributed by atoms with Crippen molar-refractivity contribution >= 4 is 21.9 Å². The molecular formula is C14H13BrN4. The Morgan fingerprint density at radius 2 is 1.89 bits per heavy atom. The van der Waals surface area contributed by atoms with Gasteiger partial charge in [0.25, 0.3) is 0 Å². The molecular weight excluding hydrogens is 304 g/mol. The lowest BCUT2D eigenvalue weighted by Crippen LogP contribution is -2.29. The standard InChI is InChI=1S/C14H13BrN4/c1-14(2,9-16)19-13-17-7-11(8-18-13)10-4-3-5-12(15)6-10/h3-8H,1-2H3,(H,17,18,19). The SMILES string of the molecule is CC(C)(C#N)Nc1ncc(-c2cccc(Br)c2)cn1. The maximum absolute atomic E-state index is 8.95. The second-order valence-electron chi connectivity index (χ2n) is 4.67. The number of hydrogen-bond donors (Lipinski definition) is 1. The first-order valence-corrected chi connectivity index (χ1v) is 6.57. The zero-order valence-corrected chi connectivity index (χ0v) is 12.3. The molecule has 0 saturated heterocycles. The molecule has 1 N–H and O–H groups in total. The van der Waals surface area contributed by atoms with Crippen LogP contribution in [-0.4, -0.2) is 15.5 Å². The first kappa shape index (κ1) is 13.5. The molecule has 0 atom stereocenters. The van der Waals surface area contributed by atoms with Crippen molar-refractivity contribution in [1.29, 1.82) is 5.26 Å². The van der Waals surface area contributed by atoms with Gasteiger partial charge in [-0.3, -0.25) is 0 Å². The van der Waals surface area contributed by atoms with Crippen LogP contribution in [0.2, 0.25) is 0 Å². The van der Waals surface area contributed by atoms with Crippen LogP contribution in [0.5, 0.6) is 0 Å². The molecule has 0 unspecified atom stereocenters. The van der Waals surface area contributed by atoms with E-state index < -0.39 is 5.54 Å². The molecule has 0 fully saturated rings. The molecule has 0 aliphatic rings. The number of rotatable bonds is 3. The molecule has 19 heavy (non-hydrogen) atoms. The summed E-state index contributed by atoms with van der Waals surface area (Å²) < 4.78 is 1.01. The molecule has 0 aliphatic carbocycles. The summed E-state index contributed by atoms with van der Waals surface area (Å²) in [7, 11) is 0. The Labute approximate surface area is 120 Å². The highest BCUT2D eigenvalue weighted by Gasteiger charge is 2.16. The van der Waals surface area contributed by atoms with Gasteiger partial charge in [-0.25, -0.2) is 9.97 Å². The highest BCUT2D eigenvalue weighted by atomic mass is 79.9. The Bertz CT molecular complexity index is 614. The van der Waals surface area contributed by atoms with E-state index in [2.05, 4.69) is 37.3 Å². The second-order valence-corrected chi connectivity index (χ2v) is 5.58. The fraction of sp³-hybridized carbons (Fsp3) is 0.214. The summed E-state index contributed by atoms with van der Waals surface area (Å²) in [4.78, 5) is 8.46. The molecule has 0 spiro atoms. The number of halogens is 1. The normalized spacial score (nSPS) is 10.8. The quantitative estimate of drug-likeness (QED) is 0.939. The minimum Gasteiger partial charge on any atom is -0.336 e. The van der Waals surface area contributed by atoms with Gasteiger partial charge in [-0.15, -0.1) is 0 Å². The number of nitriles is 1. The molecule has 1 heterocycles. The smallest absolute Gasteiger partial charge is 0.223 e. The number of hydrogen-bond acceptors (Lipinski definition) is 4. The van der Waals surface area contributed by atoms with E-state index in [1.54, 1.807) is 26.2 Å². The summed E-state index contributed by atoms with van der Waals surface area (Å²) in [6.45, 7) is 3.55. The fourth-order valence-corrected chi connectivity index (χ4v) is 1.92. The van der Waals surface area contributed by atoms with E-state index in [1.807, 2.05) is 24.3 Å². The van der Waals surface area contributed by atoms with Gasteiger partial charge in [-0.05, 0) is 31.5 Å². The van der Waals surface area contributed by atoms with Crippen LogP contribution < -0.4 is 5.32 Å². The van der Waals surface area contributed by atoms with Crippen molar-refractivity contribution in [2.75, 3.05) is 5.32 Å². The summed E-state index contributed by atoms with van der Waals surface area (Å²) in [5.74, 6) is 0.449. The van der Waals surface area contributed by atoms with Gasteiger partial charge in [0, 0.05) is 22.4 Å². The molecule has 1 aromatic heterocycles. The highest BCUT2D eigenvalue weighted by molar-refractivity contribution is 9.10. The molecule has 1 aromatic carbocycles. The molecule has 0 amide bonds. The van der Waals surface area contributed by atoms with Crippen LogP contribution >= 0.6 is 15.9 Å². The van der Waals surface area contributed by atoms with Crippen LogP contribution in [0.4, 0.5) is 5.95 Å². The predicted molar refractivity (Wildman–Crippen MR) is 78.5 cm³/mol. The zero-order valence-electron chi connectivity index (χ0n) is 10.7. The number of benzene rings is 1. The Hall–Kier alpha value is -1.93. The van der Waals surface area contributed by atoms with Gasteiger partial charge < -0.3 is 5.32 Å². The minimum absolute atomic E-state index is 0.449. The molecule has 2 rings (SSSR count). The molecule has 96 valence electrons. The van der Waals surface area contributed by atoms with E-state index in [4.69, 9.17) is 5.26 Å². The van der Waals surface area contributed by atoms with Gasteiger partial charge in [-0.1, -0.05) is 28.1 Å². The molecule has 0 bridgehead atoms. The molecule has 0 saturated carbocycles. The Morgan fingerprint density at radius 1 is 1.21 bits per heavy atom. The van der Waals surface area contributed by atoms with E-state index in [1.165, 1.54) is 0 Å². The summed E-state index contributed by atoms with van der Waals surface area (Å²) >= 11 is 3.43. The molecule has 2 aromatic rings. The van der Waals surface area contributed by atoms with E-state index in [9.17, 15) is 0 Å². The van der Waals surface area contributed by atoms with Gasteiger partial charge in [0.2, 0.25) is 5.95 Å². The summed E-state index contributed by atoms with van der Waals surface area (Å²) in [5.41, 5.74) is 1.29. The van der Waals surface area contributed by atoms with Gasteiger partial charge in [0.15, 0.2) is 0 Å². The minimum atomic E-state index is -0.683. The lowest BCUT2D eigenvalue weighted by atomic mass is 10.1. The maximum Gasteiger partial charge on any atom is 0.223 e. The molecule has 0 radical (unpaired) electrons. The lowest BCUT2D eigenvalue weighted by Gasteiger charge is -2.17. The zero-order chi connectivity index (χ0) is 13.9. The molecule has 5 heteroatoms. The first-order chi connectivity index (χ1) is 9.00. The summed E-state index contributed by atoms with van der Waals surface area (Å²) in [5, 5.41) is 11.9. The Balaban J connectivity index is 2.22. The average molecular weight is 317 g/mol. The monoisotopic (exact) mass is 316 g/mol. The van der Waals surface area contributed by atoms with Crippen LogP contribution in [0.25, 0.3) is 11.1 Å². The molecule has 0 aliphatic heterocycles. The second kappa shape index (κ2) is 5.37. The third kappa shape index (κ3) is 3.52. The fourth-order valence-electron chi connectivity index (χ4n) is 1.52. The van der Waals surface area contributed by atoms with Crippen molar-refractivity contribution in [3.63, 3.8) is 0 Å². The van der Waals surface area contributed by atoms with E-state index in [0.717, 1.165) is 15.6 Å². The van der Waals surface area contributed by atoms with E-state index >= 15 is 0 Å². The topological polar surface area (TPSA) is 61.6 Å². The Kier molecular flexibility index (Phi) is 3.82. The van der Waals surface area contributed by atoms with Crippen molar-refractivity contribution in [3.8, 4) is 17.2 Å². The van der Waals surface area contributed by atoms with Gasteiger partial charge in [0.05, 0.1) is 6.07 Å². The number of anilines is 1. The Morgan fingerprint density at radius 3 is 2.47 bits per heavy atom. The van der Waals surface area contributed by atoms with Crippen molar-refractivity contribution in [3.05, 3.63) is 41.1 Å². The predicted octanol–water partition coefficient (Wildman–Crippen LogP) is 3.62. The van der Waals surface area contributed by atoms with E-state index in [-0.39, 0.29) is 0 Å². The van der Waals surface area contributed by atoms with Crippen LogP contribution in [0.1, 0.15) is 13.8 Å². The van der Waals surface area contributed by atoms with Crippen LogP contribution in [0.15, 0.2) is 41.1 Å². The number of nitrogens with zero attached hydrogens (tertiary/aromatic N) is 3. The summed E-state index contributed by atoms with van der Waals surface area (Å²) in [6.07, 6.45) is 3.48. The first-order valence-electron chi connectivity index (χ1n) is 5.77. The van der Waals surface area contributed by atoms with Crippen LogP contribution in [0.3, 0.4) is 0 Å². The van der Waals surface area contributed by atoms with Crippen LogP contribution in [-0.2, 0) is 0 Å². The van der Waals surface area contributed by atoms with Gasteiger partial charge in [0.1, 0.15) is 5.54 Å². The highest BCUT2D eigenvalue weighted by Crippen LogP contribution is 2.22. The van der Waals surface area contributed by atoms with Crippen LogP contribution in [0, 0.1) is 11.3 Å². The van der Waals surface area contributed by atoms with Crippen molar-refractivity contribution < 1.29 is 0 Å². The van der Waals surface area contributed by atoms with Gasteiger partial charge in [-0.2, -0.15) is 5.26 Å². The van der Waals surface area contributed by atoms with Crippen molar-refractivity contribution in [1.82, 2.24) is 9.97 Å². The molecule has 4 nitrogen and oxygen atoms in total. The maximum atomic E-state index is 8.95. The van der Waals surface area contributed by atoms with Crippen molar-refractivity contribution in [2.45, 2.75) is 19.4 Å². The number of nitrogens with one attached hydrogen (secondary N) is 1. The van der Waals surface area contributed by atoms with Crippen molar-refractivity contribution in [2.24, 2.45) is 0 Å². The number of aromatic nitrogens is 2. The van der Waals surface area contributed by atoms with Gasteiger partial charge >= 0.3 is 0 Å². The lowest BCUT2D eigenvalue weighted by molar-refractivity contribution is 0.717.